The second-order valence-electron chi connectivity index (χ2n) is 7.35. The van der Waals surface area contributed by atoms with E-state index in [4.69, 9.17) is 14.2 Å². The standard InChI is InChI=1S/C23H32N2O4/c1-27-21-10-9-19(22(28-2)23(21)29-3)16-24-12-13-25(20(17-24)11-14-26)15-18-7-5-4-6-8-18/h4-10,20,26H,11-17H2,1-3H3/t20-/m1/s1. The number of nitrogens with zero attached hydrogens (tertiary/aromatic N) is 2. The van der Waals surface area contributed by atoms with E-state index < -0.39 is 0 Å². The first-order chi connectivity index (χ1) is 14.2. The van der Waals surface area contributed by atoms with Crippen molar-refractivity contribution < 1.29 is 19.3 Å². The van der Waals surface area contributed by atoms with Crippen LogP contribution in [0.2, 0.25) is 0 Å². The van der Waals surface area contributed by atoms with Crippen LogP contribution in [0.3, 0.4) is 0 Å². The summed E-state index contributed by atoms with van der Waals surface area (Å²) in [7, 11) is 4.92. The second-order valence-corrected chi connectivity index (χ2v) is 7.35. The molecule has 158 valence electrons. The Morgan fingerprint density at radius 1 is 0.897 bits per heavy atom. The molecule has 1 N–H and O–H groups in total. The van der Waals surface area contributed by atoms with Gasteiger partial charge in [0.2, 0.25) is 5.75 Å². The lowest BCUT2D eigenvalue weighted by Gasteiger charge is -2.41. The summed E-state index contributed by atoms with van der Waals surface area (Å²) in [5.74, 6) is 2.01. The van der Waals surface area contributed by atoms with Crippen molar-refractivity contribution in [3.8, 4) is 17.2 Å². The van der Waals surface area contributed by atoms with Gasteiger partial charge in [-0.3, -0.25) is 9.80 Å². The molecule has 0 bridgehead atoms. The maximum atomic E-state index is 9.59. The van der Waals surface area contributed by atoms with Gasteiger partial charge in [-0.05, 0) is 18.1 Å². The van der Waals surface area contributed by atoms with Gasteiger partial charge in [0, 0.05) is 50.9 Å². The Morgan fingerprint density at radius 3 is 2.31 bits per heavy atom. The number of hydrogen-bond acceptors (Lipinski definition) is 6. The Balaban J connectivity index is 1.72. The van der Waals surface area contributed by atoms with Crippen LogP contribution < -0.4 is 14.2 Å². The van der Waals surface area contributed by atoms with E-state index in [0.717, 1.165) is 50.5 Å². The van der Waals surface area contributed by atoms with Crippen molar-refractivity contribution in [2.45, 2.75) is 25.6 Å². The van der Waals surface area contributed by atoms with Crippen molar-refractivity contribution in [3.05, 3.63) is 53.6 Å². The van der Waals surface area contributed by atoms with Crippen LogP contribution >= 0.6 is 0 Å². The average Bonchev–Trinajstić information content (AvgIpc) is 2.76. The Labute approximate surface area is 173 Å². The van der Waals surface area contributed by atoms with Gasteiger partial charge >= 0.3 is 0 Å². The fourth-order valence-electron chi connectivity index (χ4n) is 4.08. The Kier molecular flexibility index (Phi) is 7.75. The lowest BCUT2D eigenvalue weighted by molar-refractivity contribution is 0.0496. The van der Waals surface area contributed by atoms with Crippen LogP contribution in [0, 0.1) is 0 Å². The second kappa shape index (κ2) is 10.5. The number of ether oxygens (including phenoxy) is 3. The van der Waals surface area contributed by atoms with Crippen molar-refractivity contribution >= 4 is 0 Å². The van der Waals surface area contributed by atoms with Crippen LogP contribution in [-0.2, 0) is 13.1 Å². The zero-order chi connectivity index (χ0) is 20.6. The first-order valence-corrected chi connectivity index (χ1v) is 10.1. The maximum absolute atomic E-state index is 9.59. The Morgan fingerprint density at radius 2 is 1.66 bits per heavy atom. The third-order valence-corrected chi connectivity index (χ3v) is 5.56. The van der Waals surface area contributed by atoms with Crippen LogP contribution in [0.15, 0.2) is 42.5 Å². The van der Waals surface area contributed by atoms with Crippen molar-refractivity contribution in [2.75, 3.05) is 47.6 Å². The first-order valence-electron chi connectivity index (χ1n) is 10.1. The van der Waals surface area contributed by atoms with Gasteiger partial charge in [0.15, 0.2) is 11.5 Å². The third-order valence-electron chi connectivity index (χ3n) is 5.56. The molecule has 3 rings (SSSR count). The SMILES string of the molecule is COc1ccc(CN2CCN(Cc3ccccc3)[C@H](CCO)C2)c(OC)c1OC. The zero-order valence-corrected chi connectivity index (χ0v) is 17.6. The summed E-state index contributed by atoms with van der Waals surface area (Å²) in [6.45, 7) is 4.72. The quantitative estimate of drug-likeness (QED) is 0.699. The predicted octanol–water partition coefficient (Wildman–Crippen LogP) is 2.78. The van der Waals surface area contributed by atoms with Gasteiger partial charge in [0.1, 0.15) is 0 Å². The van der Waals surface area contributed by atoms with Gasteiger partial charge in [-0.25, -0.2) is 0 Å². The highest BCUT2D eigenvalue weighted by Gasteiger charge is 2.28. The third kappa shape index (κ3) is 5.21. The van der Waals surface area contributed by atoms with Crippen molar-refractivity contribution in [1.29, 1.82) is 0 Å². The van der Waals surface area contributed by atoms with Crippen LogP contribution in [0.4, 0.5) is 0 Å². The first kappa shape index (κ1) is 21.4. The summed E-state index contributed by atoms with van der Waals surface area (Å²) in [4.78, 5) is 4.90. The number of methoxy groups -OCH3 is 3. The van der Waals surface area contributed by atoms with Gasteiger partial charge in [0.25, 0.3) is 0 Å². The van der Waals surface area contributed by atoms with E-state index >= 15 is 0 Å². The number of aliphatic hydroxyl groups excluding tert-OH is 1. The number of benzene rings is 2. The fraction of sp³-hybridized carbons (Fsp3) is 0.478. The number of aliphatic hydroxyl groups is 1. The molecule has 0 saturated carbocycles. The predicted molar refractivity (Wildman–Crippen MR) is 114 cm³/mol. The van der Waals surface area contributed by atoms with E-state index in [1.807, 2.05) is 18.2 Å². The summed E-state index contributed by atoms with van der Waals surface area (Å²) in [6, 6.07) is 14.8. The van der Waals surface area contributed by atoms with Gasteiger partial charge in [-0.15, -0.1) is 0 Å². The molecule has 0 aliphatic carbocycles. The molecule has 1 aliphatic heterocycles. The molecule has 0 spiro atoms. The molecule has 1 atom stereocenters. The van der Waals surface area contributed by atoms with Crippen molar-refractivity contribution in [2.24, 2.45) is 0 Å². The van der Waals surface area contributed by atoms with E-state index in [9.17, 15) is 5.11 Å². The number of rotatable bonds is 9. The normalized spacial score (nSPS) is 17.9. The van der Waals surface area contributed by atoms with Crippen LogP contribution in [0.25, 0.3) is 0 Å². The van der Waals surface area contributed by atoms with Crippen molar-refractivity contribution in [1.82, 2.24) is 9.80 Å². The summed E-state index contributed by atoms with van der Waals surface area (Å²) in [5, 5.41) is 9.59. The molecular weight excluding hydrogens is 368 g/mol. The molecule has 6 heteroatoms. The summed E-state index contributed by atoms with van der Waals surface area (Å²) in [6.07, 6.45) is 0.770. The minimum Gasteiger partial charge on any atom is -0.493 e. The van der Waals surface area contributed by atoms with E-state index in [0.29, 0.717) is 17.5 Å². The van der Waals surface area contributed by atoms with Crippen LogP contribution in [0.5, 0.6) is 17.2 Å². The minimum absolute atomic E-state index is 0.198. The molecule has 29 heavy (non-hydrogen) atoms. The van der Waals surface area contributed by atoms with Gasteiger partial charge < -0.3 is 19.3 Å². The highest BCUT2D eigenvalue weighted by Crippen LogP contribution is 2.40. The summed E-state index contributed by atoms with van der Waals surface area (Å²) in [5.41, 5.74) is 2.38. The van der Waals surface area contributed by atoms with Crippen LogP contribution in [0.1, 0.15) is 17.5 Å². The topological polar surface area (TPSA) is 54.4 Å². The highest BCUT2D eigenvalue weighted by atomic mass is 16.5. The highest BCUT2D eigenvalue weighted by molar-refractivity contribution is 5.55. The molecular formula is C23H32N2O4. The zero-order valence-electron chi connectivity index (χ0n) is 17.6. The number of piperazine rings is 1. The van der Waals surface area contributed by atoms with E-state index in [1.165, 1.54) is 5.56 Å². The molecule has 6 nitrogen and oxygen atoms in total. The minimum atomic E-state index is 0.198. The molecule has 2 aromatic rings. The Bertz CT molecular complexity index is 769. The summed E-state index contributed by atoms with van der Waals surface area (Å²) < 4.78 is 16.6. The molecule has 1 saturated heterocycles. The van der Waals surface area contributed by atoms with Crippen molar-refractivity contribution in [3.63, 3.8) is 0 Å². The van der Waals surface area contributed by atoms with Gasteiger partial charge in [-0.2, -0.15) is 0 Å². The Hall–Kier alpha value is -2.28. The number of hydrogen-bond donors (Lipinski definition) is 1. The average molecular weight is 401 g/mol. The monoisotopic (exact) mass is 400 g/mol. The summed E-state index contributed by atoms with van der Waals surface area (Å²) >= 11 is 0. The largest absolute Gasteiger partial charge is 0.493 e. The molecule has 0 aromatic heterocycles. The molecule has 0 radical (unpaired) electrons. The van der Waals surface area contributed by atoms with Crippen LogP contribution in [-0.4, -0.2) is 68.5 Å². The van der Waals surface area contributed by atoms with E-state index in [2.05, 4.69) is 34.1 Å². The molecule has 1 fully saturated rings. The van der Waals surface area contributed by atoms with Gasteiger partial charge in [-0.1, -0.05) is 36.4 Å². The smallest absolute Gasteiger partial charge is 0.203 e. The molecule has 1 aliphatic rings. The fourth-order valence-corrected chi connectivity index (χ4v) is 4.08. The maximum Gasteiger partial charge on any atom is 0.203 e. The van der Waals surface area contributed by atoms with E-state index in [1.54, 1.807) is 21.3 Å². The molecule has 0 amide bonds. The lowest BCUT2D eigenvalue weighted by atomic mass is 10.1. The molecule has 0 unspecified atom stereocenters. The van der Waals surface area contributed by atoms with Gasteiger partial charge in [0.05, 0.1) is 21.3 Å². The van der Waals surface area contributed by atoms with E-state index in [-0.39, 0.29) is 6.61 Å². The molecule has 1 heterocycles. The lowest BCUT2D eigenvalue weighted by Crippen LogP contribution is -2.52. The molecule has 2 aromatic carbocycles.